The van der Waals surface area contributed by atoms with Gasteiger partial charge in [-0.25, -0.2) is 12.8 Å². The minimum atomic E-state index is -4.05. The predicted octanol–water partition coefficient (Wildman–Crippen LogP) is 1.82. The van der Waals surface area contributed by atoms with E-state index in [0.717, 1.165) is 16.4 Å². The molecular formula is C12H13ClFNO4S. The fourth-order valence-electron chi connectivity index (χ4n) is 2.26. The number of hydrogen-bond acceptors (Lipinski definition) is 3. The Kier molecular flexibility index (Phi) is 4.04. The molecular weight excluding hydrogens is 309 g/mol. The van der Waals surface area contributed by atoms with Crippen LogP contribution in [0.3, 0.4) is 0 Å². The second-order valence-electron chi connectivity index (χ2n) is 4.82. The third kappa shape index (κ3) is 2.65. The number of halogens is 2. The highest BCUT2D eigenvalue weighted by Gasteiger charge is 2.41. The Morgan fingerprint density at radius 3 is 2.60 bits per heavy atom. The molecule has 8 heteroatoms. The lowest BCUT2D eigenvalue weighted by Gasteiger charge is -2.16. The van der Waals surface area contributed by atoms with Crippen LogP contribution in [-0.4, -0.2) is 36.9 Å². The van der Waals surface area contributed by atoms with Crippen LogP contribution in [0.1, 0.15) is 6.92 Å². The van der Waals surface area contributed by atoms with Crippen molar-refractivity contribution in [1.29, 1.82) is 0 Å². The number of carboxylic acids is 1. The van der Waals surface area contributed by atoms with Crippen LogP contribution in [0.25, 0.3) is 0 Å². The van der Waals surface area contributed by atoms with Crippen LogP contribution in [0.5, 0.6) is 0 Å². The fraction of sp³-hybridized carbons (Fsp3) is 0.417. The van der Waals surface area contributed by atoms with Gasteiger partial charge in [-0.15, -0.1) is 0 Å². The van der Waals surface area contributed by atoms with E-state index >= 15 is 0 Å². The van der Waals surface area contributed by atoms with Gasteiger partial charge in [0, 0.05) is 18.1 Å². The number of carboxylic acid groups (broad SMARTS) is 1. The first-order chi connectivity index (χ1) is 9.23. The zero-order valence-corrected chi connectivity index (χ0v) is 12.2. The lowest BCUT2D eigenvalue weighted by Crippen LogP contribution is -2.30. The van der Waals surface area contributed by atoms with E-state index in [4.69, 9.17) is 16.7 Å². The maximum absolute atomic E-state index is 13.7. The van der Waals surface area contributed by atoms with E-state index in [0.29, 0.717) is 0 Å². The standard InChI is InChI=1S/C12H13ClFNO4S/c1-7-5-15(6-9(7)12(16)17)20(18,19)11-3-2-8(13)4-10(11)14/h2-4,7,9H,5-6H2,1H3,(H,16,17)/t7-,9-/m1/s1. The first-order valence-electron chi connectivity index (χ1n) is 5.91. The van der Waals surface area contributed by atoms with Gasteiger partial charge >= 0.3 is 5.97 Å². The molecule has 1 fully saturated rings. The lowest BCUT2D eigenvalue weighted by molar-refractivity contribution is -0.142. The van der Waals surface area contributed by atoms with Crippen molar-refractivity contribution in [2.75, 3.05) is 13.1 Å². The molecule has 0 aliphatic carbocycles. The predicted molar refractivity (Wildman–Crippen MR) is 70.5 cm³/mol. The molecule has 0 aromatic heterocycles. The van der Waals surface area contributed by atoms with Crippen molar-refractivity contribution < 1.29 is 22.7 Å². The Bertz CT molecular complexity index is 649. The molecule has 1 aliphatic heterocycles. The molecule has 20 heavy (non-hydrogen) atoms. The van der Waals surface area contributed by atoms with E-state index in [1.54, 1.807) is 6.92 Å². The molecule has 1 aromatic carbocycles. The monoisotopic (exact) mass is 321 g/mol. The third-order valence-electron chi connectivity index (χ3n) is 3.41. The quantitative estimate of drug-likeness (QED) is 0.921. The van der Waals surface area contributed by atoms with Crippen molar-refractivity contribution >= 4 is 27.6 Å². The first-order valence-corrected chi connectivity index (χ1v) is 7.73. The topological polar surface area (TPSA) is 74.7 Å². The maximum atomic E-state index is 13.7. The van der Waals surface area contributed by atoms with Gasteiger partial charge in [-0.2, -0.15) is 4.31 Å². The Morgan fingerprint density at radius 1 is 1.45 bits per heavy atom. The Balaban J connectivity index is 2.35. The number of benzene rings is 1. The summed E-state index contributed by atoms with van der Waals surface area (Å²) in [5.41, 5.74) is 0. The lowest BCUT2D eigenvalue weighted by atomic mass is 9.99. The van der Waals surface area contributed by atoms with E-state index in [1.165, 1.54) is 6.07 Å². The normalized spacial score (nSPS) is 23.9. The van der Waals surface area contributed by atoms with Crippen LogP contribution in [0.4, 0.5) is 4.39 Å². The summed E-state index contributed by atoms with van der Waals surface area (Å²) in [6, 6.07) is 3.29. The van der Waals surface area contributed by atoms with Gasteiger partial charge in [-0.3, -0.25) is 4.79 Å². The highest BCUT2D eigenvalue weighted by molar-refractivity contribution is 7.89. The number of hydrogen-bond donors (Lipinski definition) is 1. The molecule has 1 aliphatic rings. The SMILES string of the molecule is C[C@@H]1CN(S(=O)(=O)c2ccc(Cl)cc2F)C[C@H]1C(=O)O. The van der Waals surface area contributed by atoms with Gasteiger partial charge in [0.05, 0.1) is 5.92 Å². The second-order valence-corrected chi connectivity index (χ2v) is 7.16. The number of rotatable bonds is 3. The van der Waals surface area contributed by atoms with E-state index in [9.17, 15) is 17.6 Å². The van der Waals surface area contributed by atoms with Crippen LogP contribution in [0, 0.1) is 17.7 Å². The molecule has 0 bridgehead atoms. The average Bonchev–Trinajstić information content (AvgIpc) is 2.71. The summed E-state index contributed by atoms with van der Waals surface area (Å²) in [4.78, 5) is 10.5. The maximum Gasteiger partial charge on any atom is 0.308 e. The molecule has 2 rings (SSSR count). The molecule has 0 spiro atoms. The van der Waals surface area contributed by atoms with Gasteiger partial charge in [0.25, 0.3) is 0 Å². The van der Waals surface area contributed by atoms with Crippen molar-refractivity contribution in [2.45, 2.75) is 11.8 Å². The molecule has 2 atom stereocenters. The molecule has 0 unspecified atom stereocenters. The Hall–Kier alpha value is -1.18. The second kappa shape index (κ2) is 5.31. The smallest absolute Gasteiger partial charge is 0.308 e. The van der Waals surface area contributed by atoms with Crippen molar-refractivity contribution in [2.24, 2.45) is 11.8 Å². The number of carbonyl (C=O) groups is 1. The largest absolute Gasteiger partial charge is 0.481 e. The van der Waals surface area contributed by atoms with Crippen LogP contribution in [0.15, 0.2) is 23.1 Å². The van der Waals surface area contributed by atoms with E-state index in [-0.39, 0.29) is 24.0 Å². The van der Waals surface area contributed by atoms with Gasteiger partial charge < -0.3 is 5.11 Å². The average molecular weight is 322 g/mol. The molecule has 1 heterocycles. The summed E-state index contributed by atoms with van der Waals surface area (Å²) in [6.45, 7) is 1.56. The van der Waals surface area contributed by atoms with Crippen molar-refractivity contribution in [3.05, 3.63) is 29.0 Å². The molecule has 1 N–H and O–H groups in total. The zero-order valence-electron chi connectivity index (χ0n) is 10.6. The van der Waals surface area contributed by atoms with Crippen LogP contribution < -0.4 is 0 Å². The van der Waals surface area contributed by atoms with Gasteiger partial charge in [0.15, 0.2) is 0 Å². The summed E-state index contributed by atoms with van der Waals surface area (Å²) >= 11 is 5.59. The molecule has 1 saturated heterocycles. The highest BCUT2D eigenvalue weighted by atomic mass is 35.5. The van der Waals surface area contributed by atoms with Gasteiger partial charge in [0.1, 0.15) is 10.7 Å². The van der Waals surface area contributed by atoms with Crippen LogP contribution >= 0.6 is 11.6 Å². The van der Waals surface area contributed by atoms with E-state index < -0.39 is 32.6 Å². The van der Waals surface area contributed by atoms with Gasteiger partial charge in [-0.05, 0) is 24.1 Å². The van der Waals surface area contributed by atoms with Crippen LogP contribution in [0.2, 0.25) is 5.02 Å². The van der Waals surface area contributed by atoms with Gasteiger partial charge in [-0.1, -0.05) is 18.5 Å². The molecule has 0 amide bonds. The summed E-state index contributed by atoms with van der Waals surface area (Å²) in [5, 5.41) is 9.11. The molecule has 5 nitrogen and oxygen atoms in total. The third-order valence-corrected chi connectivity index (χ3v) is 5.51. The molecule has 1 aromatic rings. The van der Waals surface area contributed by atoms with Gasteiger partial charge in [0.2, 0.25) is 10.0 Å². The summed E-state index contributed by atoms with van der Waals surface area (Å²) in [5.74, 6) is -3.09. The summed E-state index contributed by atoms with van der Waals surface area (Å²) in [7, 11) is -4.05. The van der Waals surface area contributed by atoms with Crippen LogP contribution in [-0.2, 0) is 14.8 Å². The Morgan fingerprint density at radius 2 is 2.10 bits per heavy atom. The van der Waals surface area contributed by atoms with E-state index in [1.807, 2.05) is 0 Å². The minimum absolute atomic E-state index is 0.0569. The van der Waals surface area contributed by atoms with Crippen molar-refractivity contribution in [3.63, 3.8) is 0 Å². The highest BCUT2D eigenvalue weighted by Crippen LogP contribution is 2.30. The Labute approximate surface area is 121 Å². The zero-order chi connectivity index (χ0) is 15.1. The number of aliphatic carboxylic acids is 1. The number of sulfonamides is 1. The molecule has 0 radical (unpaired) electrons. The van der Waals surface area contributed by atoms with Crippen molar-refractivity contribution in [1.82, 2.24) is 4.31 Å². The van der Waals surface area contributed by atoms with E-state index in [2.05, 4.69) is 0 Å². The summed E-state index contributed by atoms with van der Waals surface area (Å²) in [6.07, 6.45) is 0. The number of nitrogens with zero attached hydrogens (tertiary/aromatic N) is 1. The van der Waals surface area contributed by atoms with Crippen molar-refractivity contribution in [3.8, 4) is 0 Å². The fourth-order valence-corrected chi connectivity index (χ4v) is 4.03. The molecule has 110 valence electrons. The first kappa shape index (κ1) is 15.2. The summed E-state index contributed by atoms with van der Waals surface area (Å²) < 4.78 is 39.4. The molecule has 0 saturated carbocycles. The minimum Gasteiger partial charge on any atom is -0.481 e.